The van der Waals surface area contributed by atoms with Crippen LogP contribution in [0.2, 0.25) is 5.15 Å². The zero-order valence-corrected chi connectivity index (χ0v) is 12.0. The van der Waals surface area contributed by atoms with Gasteiger partial charge in [-0.1, -0.05) is 11.6 Å². The van der Waals surface area contributed by atoms with Crippen LogP contribution >= 0.6 is 23.8 Å². The lowest BCUT2D eigenvalue weighted by atomic mass is 10.1. The fourth-order valence-electron chi connectivity index (χ4n) is 1.82. The first-order chi connectivity index (χ1) is 9.02. The molecule has 0 unspecified atom stereocenters. The standard InChI is InChI=1S/C12H13ClN4OS/c1-6-3-9-7(4-10(6)18-2)8(11(13)16-9)5-15-17-12(14)19/h3-5,16H,1-2H3,(H3,14,17,19). The SMILES string of the molecule is COc1cc2c(C=NNC(N)=S)c(Cl)[nH]c2cc1C. The molecular weight excluding hydrogens is 284 g/mol. The molecule has 0 saturated carbocycles. The van der Waals surface area contributed by atoms with Gasteiger partial charge in [0, 0.05) is 16.5 Å². The van der Waals surface area contributed by atoms with E-state index in [1.807, 2.05) is 19.1 Å². The van der Waals surface area contributed by atoms with E-state index in [-0.39, 0.29) is 5.11 Å². The minimum Gasteiger partial charge on any atom is -0.496 e. The quantitative estimate of drug-likeness (QED) is 0.461. The highest BCUT2D eigenvalue weighted by Gasteiger charge is 2.11. The molecule has 0 amide bonds. The number of aryl methyl sites for hydroxylation is 1. The monoisotopic (exact) mass is 296 g/mol. The van der Waals surface area contributed by atoms with Crippen molar-refractivity contribution in [1.29, 1.82) is 0 Å². The van der Waals surface area contributed by atoms with Crippen molar-refractivity contribution in [3.05, 3.63) is 28.4 Å². The first-order valence-electron chi connectivity index (χ1n) is 5.47. The van der Waals surface area contributed by atoms with Crippen molar-refractivity contribution in [3.8, 4) is 5.75 Å². The number of hydrogen-bond donors (Lipinski definition) is 3. The van der Waals surface area contributed by atoms with Crippen LogP contribution in [0.1, 0.15) is 11.1 Å². The molecule has 0 bridgehead atoms. The summed E-state index contributed by atoms with van der Waals surface area (Å²) in [4.78, 5) is 3.08. The number of rotatable bonds is 3. The lowest BCUT2D eigenvalue weighted by Crippen LogP contribution is -2.23. The molecule has 100 valence electrons. The van der Waals surface area contributed by atoms with Gasteiger partial charge >= 0.3 is 0 Å². The molecule has 4 N–H and O–H groups in total. The van der Waals surface area contributed by atoms with Crippen LogP contribution in [0.4, 0.5) is 0 Å². The third-order valence-corrected chi connectivity index (χ3v) is 3.06. The lowest BCUT2D eigenvalue weighted by Gasteiger charge is -2.04. The number of ether oxygens (including phenoxy) is 1. The molecule has 5 nitrogen and oxygen atoms in total. The Morgan fingerprint density at radius 3 is 2.95 bits per heavy atom. The predicted molar refractivity (Wildman–Crippen MR) is 82.1 cm³/mol. The number of fused-ring (bicyclic) bond motifs is 1. The highest BCUT2D eigenvalue weighted by atomic mass is 35.5. The average Bonchev–Trinajstić information content (AvgIpc) is 2.63. The van der Waals surface area contributed by atoms with E-state index in [4.69, 9.17) is 22.1 Å². The van der Waals surface area contributed by atoms with Crippen LogP contribution < -0.4 is 15.9 Å². The predicted octanol–water partition coefficient (Wildman–Crippen LogP) is 2.31. The summed E-state index contributed by atoms with van der Waals surface area (Å²) in [6.45, 7) is 1.97. The second kappa shape index (κ2) is 5.46. The van der Waals surface area contributed by atoms with Gasteiger partial charge in [0.15, 0.2) is 5.11 Å². The fourth-order valence-corrected chi connectivity index (χ4v) is 2.13. The summed E-state index contributed by atoms with van der Waals surface area (Å²) in [5, 5.41) is 5.43. The van der Waals surface area contributed by atoms with Crippen LogP contribution in [0.25, 0.3) is 10.9 Å². The number of nitrogens with zero attached hydrogens (tertiary/aromatic N) is 1. The zero-order chi connectivity index (χ0) is 14.0. The van der Waals surface area contributed by atoms with Crippen LogP contribution in [0.3, 0.4) is 0 Å². The summed E-state index contributed by atoms with van der Waals surface area (Å²) >= 11 is 10.8. The van der Waals surface area contributed by atoms with Gasteiger partial charge < -0.3 is 15.5 Å². The van der Waals surface area contributed by atoms with Crippen molar-refractivity contribution >= 4 is 46.0 Å². The molecule has 1 aromatic carbocycles. The Labute approximate surface area is 120 Å². The van der Waals surface area contributed by atoms with E-state index < -0.39 is 0 Å². The largest absolute Gasteiger partial charge is 0.496 e. The van der Waals surface area contributed by atoms with Crippen molar-refractivity contribution in [1.82, 2.24) is 10.4 Å². The zero-order valence-electron chi connectivity index (χ0n) is 10.5. The topological polar surface area (TPSA) is 75.4 Å². The molecule has 2 rings (SSSR count). The maximum absolute atomic E-state index is 6.15. The van der Waals surface area contributed by atoms with Gasteiger partial charge in [-0.2, -0.15) is 5.10 Å². The van der Waals surface area contributed by atoms with E-state index in [0.29, 0.717) is 5.15 Å². The van der Waals surface area contributed by atoms with Gasteiger partial charge in [-0.05, 0) is 36.8 Å². The first kappa shape index (κ1) is 13.6. The molecule has 7 heteroatoms. The molecule has 0 spiro atoms. The van der Waals surface area contributed by atoms with Crippen molar-refractivity contribution in [2.45, 2.75) is 6.92 Å². The van der Waals surface area contributed by atoms with Gasteiger partial charge in [-0.15, -0.1) is 0 Å². The Balaban J connectivity index is 2.51. The van der Waals surface area contributed by atoms with E-state index >= 15 is 0 Å². The molecule has 0 radical (unpaired) electrons. The van der Waals surface area contributed by atoms with Gasteiger partial charge in [0.05, 0.1) is 13.3 Å². The van der Waals surface area contributed by atoms with Crippen LogP contribution in [0.15, 0.2) is 17.2 Å². The van der Waals surface area contributed by atoms with Crippen molar-refractivity contribution in [3.63, 3.8) is 0 Å². The number of nitrogens with two attached hydrogens (primary N) is 1. The molecular formula is C12H13ClN4OS. The Morgan fingerprint density at radius 2 is 2.32 bits per heavy atom. The summed E-state index contributed by atoms with van der Waals surface area (Å²) in [5.41, 5.74) is 10.5. The molecule has 19 heavy (non-hydrogen) atoms. The summed E-state index contributed by atoms with van der Waals surface area (Å²) in [6, 6.07) is 3.88. The Hall–Kier alpha value is -1.79. The first-order valence-corrected chi connectivity index (χ1v) is 6.26. The Morgan fingerprint density at radius 1 is 1.58 bits per heavy atom. The van der Waals surface area contributed by atoms with Gasteiger partial charge in [0.25, 0.3) is 0 Å². The fraction of sp³-hybridized carbons (Fsp3) is 0.167. The summed E-state index contributed by atoms with van der Waals surface area (Å²) < 4.78 is 5.30. The number of nitrogens with one attached hydrogen (secondary N) is 2. The van der Waals surface area contributed by atoms with Crippen LogP contribution in [-0.4, -0.2) is 23.4 Å². The number of aromatic nitrogens is 1. The number of H-pyrrole nitrogens is 1. The Bertz CT molecular complexity index is 665. The third-order valence-electron chi connectivity index (χ3n) is 2.67. The second-order valence-electron chi connectivity index (χ2n) is 3.95. The molecule has 0 atom stereocenters. The smallest absolute Gasteiger partial charge is 0.184 e. The number of benzene rings is 1. The molecule has 0 aliphatic heterocycles. The van der Waals surface area contributed by atoms with E-state index in [1.165, 1.54) is 0 Å². The molecule has 0 aliphatic rings. The minimum absolute atomic E-state index is 0.0978. The number of halogens is 1. The van der Waals surface area contributed by atoms with Crippen LogP contribution in [0.5, 0.6) is 5.75 Å². The number of hydrogen-bond acceptors (Lipinski definition) is 3. The molecule has 1 aromatic heterocycles. The molecule has 0 saturated heterocycles. The summed E-state index contributed by atoms with van der Waals surface area (Å²) in [7, 11) is 1.63. The summed E-state index contributed by atoms with van der Waals surface area (Å²) in [6.07, 6.45) is 1.56. The molecule has 0 aliphatic carbocycles. The normalized spacial score (nSPS) is 11.1. The third kappa shape index (κ3) is 2.80. The molecule has 2 aromatic rings. The maximum atomic E-state index is 6.15. The van der Waals surface area contributed by atoms with Crippen LogP contribution in [0, 0.1) is 6.92 Å². The second-order valence-corrected chi connectivity index (χ2v) is 4.77. The Kier molecular flexibility index (Phi) is 3.92. The number of methoxy groups -OCH3 is 1. The van der Waals surface area contributed by atoms with E-state index in [0.717, 1.165) is 27.8 Å². The number of thiocarbonyl (C=S) groups is 1. The van der Waals surface area contributed by atoms with Crippen molar-refractivity contribution in [2.24, 2.45) is 10.8 Å². The van der Waals surface area contributed by atoms with Gasteiger partial charge in [0.2, 0.25) is 0 Å². The van der Waals surface area contributed by atoms with Gasteiger partial charge in [-0.3, -0.25) is 5.43 Å². The highest BCUT2D eigenvalue weighted by Crippen LogP contribution is 2.30. The van der Waals surface area contributed by atoms with Gasteiger partial charge in [0.1, 0.15) is 10.9 Å². The van der Waals surface area contributed by atoms with E-state index in [1.54, 1.807) is 13.3 Å². The maximum Gasteiger partial charge on any atom is 0.184 e. The summed E-state index contributed by atoms with van der Waals surface area (Å²) in [5.74, 6) is 0.792. The number of hydrazone groups is 1. The molecule has 1 heterocycles. The highest BCUT2D eigenvalue weighted by molar-refractivity contribution is 7.80. The van der Waals surface area contributed by atoms with Gasteiger partial charge in [-0.25, -0.2) is 0 Å². The lowest BCUT2D eigenvalue weighted by molar-refractivity contribution is 0.412. The van der Waals surface area contributed by atoms with Crippen LogP contribution in [-0.2, 0) is 0 Å². The van der Waals surface area contributed by atoms with Crippen molar-refractivity contribution in [2.75, 3.05) is 7.11 Å². The minimum atomic E-state index is 0.0978. The van der Waals surface area contributed by atoms with Crippen molar-refractivity contribution < 1.29 is 4.74 Å². The van der Waals surface area contributed by atoms with E-state index in [9.17, 15) is 0 Å². The van der Waals surface area contributed by atoms with E-state index in [2.05, 4.69) is 27.7 Å². The molecule has 0 fully saturated rings. The number of aromatic amines is 1. The average molecular weight is 297 g/mol.